The highest BCUT2D eigenvalue weighted by molar-refractivity contribution is 6.75. The monoisotopic (exact) mass is 850 g/mol. The number of benzene rings is 1. The average Bonchev–Trinajstić information content (AvgIpc) is 2.86. The predicted octanol–water partition coefficient (Wildman–Crippen LogP) is 9.22. The van der Waals surface area contributed by atoms with Crippen LogP contribution in [0.1, 0.15) is 0 Å². The van der Waals surface area contributed by atoms with Crippen LogP contribution in [0.3, 0.4) is 0 Å². The minimum atomic E-state index is -9.79. The van der Waals surface area contributed by atoms with Crippen LogP contribution in [0, 0.1) is 29.1 Å². The summed E-state index contributed by atoms with van der Waals surface area (Å²) >= 11 is 0. The van der Waals surface area contributed by atoms with Crippen LogP contribution in [0.15, 0.2) is 0 Å². The van der Waals surface area contributed by atoms with Crippen LogP contribution in [-0.4, -0.2) is 75.3 Å². The van der Waals surface area contributed by atoms with E-state index in [0.29, 0.717) is 0 Å². The first-order valence-electron chi connectivity index (χ1n) is 10.6. The summed E-state index contributed by atoms with van der Waals surface area (Å²) in [5.74, 6) is -86.4. The Balaban J connectivity index is 4.27. The first kappa shape index (κ1) is 46.2. The second-order valence-corrected chi connectivity index (χ2v) is 11.0. The molecule has 0 aliphatic carbocycles. The molecule has 51 heavy (non-hydrogen) atoms. The molecule has 0 saturated carbocycles. The van der Waals surface area contributed by atoms with Gasteiger partial charge in [0.05, 0.1) is 0 Å². The molecule has 0 amide bonds. The van der Waals surface area contributed by atoms with E-state index in [1.165, 1.54) is 0 Å². The van der Waals surface area contributed by atoms with Crippen molar-refractivity contribution in [2.24, 2.45) is 0 Å². The van der Waals surface area contributed by atoms with E-state index in [9.17, 15) is 132 Å². The van der Waals surface area contributed by atoms with E-state index in [2.05, 4.69) is 0 Å². The summed E-state index contributed by atoms with van der Waals surface area (Å²) in [7, 11) is -9.79. The molecule has 1 aromatic rings. The molecule has 0 heterocycles. The topological polar surface area (TPSA) is 27.7 Å². The molecule has 0 radical (unpaired) electrons. The molecular formula is C17F30O3Si. The Labute approximate surface area is 256 Å². The van der Waals surface area contributed by atoms with Crippen molar-refractivity contribution in [2.75, 3.05) is 0 Å². The van der Waals surface area contributed by atoms with Gasteiger partial charge >= 0.3 is 75.3 Å². The van der Waals surface area contributed by atoms with Crippen LogP contribution in [0.25, 0.3) is 0 Å². The largest absolute Gasteiger partial charge is 0.560 e. The Hall–Kier alpha value is -2.78. The van der Waals surface area contributed by atoms with Gasteiger partial charge in [0.15, 0.2) is 23.3 Å². The molecule has 34 heteroatoms. The lowest BCUT2D eigenvalue weighted by Crippen LogP contribution is -2.77. The van der Waals surface area contributed by atoms with Gasteiger partial charge in [-0.05, 0) is 0 Å². The number of hydrogen-bond acceptors (Lipinski definition) is 3. The molecule has 0 aromatic heterocycles. The van der Waals surface area contributed by atoms with Gasteiger partial charge in [0.1, 0.15) is 5.19 Å². The molecule has 3 nitrogen and oxygen atoms in total. The highest BCUT2D eigenvalue weighted by Gasteiger charge is 2.97. The van der Waals surface area contributed by atoms with Crippen LogP contribution >= 0.6 is 0 Å². The Kier molecular flexibility index (Phi) is 11.2. The Morgan fingerprint density at radius 3 is 0.784 bits per heavy atom. The van der Waals surface area contributed by atoms with Crippen molar-refractivity contribution in [1.29, 1.82) is 0 Å². The van der Waals surface area contributed by atoms with Gasteiger partial charge in [0, 0.05) is 0 Å². The number of halogens is 30. The molecule has 1 aromatic carbocycles. The molecule has 0 N–H and O–H groups in total. The van der Waals surface area contributed by atoms with Gasteiger partial charge in [0.25, 0.3) is 0 Å². The molecule has 300 valence electrons. The van der Waals surface area contributed by atoms with Gasteiger partial charge in [-0.3, -0.25) is 8.85 Å². The summed E-state index contributed by atoms with van der Waals surface area (Å²) in [6, 6.07) is 0. The van der Waals surface area contributed by atoms with Crippen LogP contribution in [0.4, 0.5) is 132 Å². The molecule has 0 aliphatic rings. The van der Waals surface area contributed by atoms with E-state index in [1.807, 2.05) is 8.85 Å². The van der Waals surface area contributed by atoms with Crippen LogP contribution < -0.4 is 5.19 Å². The smallest absolute Gasteiger partial charge is 0.304 e. The van der Waals surface area contributed by atoms with Crippen molar-refractivity contribution in [3.8, 4) is 0 Å². The number of hydrogen-bond donors (Lipinski definition) is 0. The van der Waals surface area contributed by atoms with E-state index in [-0.39, 0.29) is 0 Å². The Morgan fingerprint density at radius 2 is 0.529 bits per heavy atom. The first-order valence-corrected chi connectivity index (χ1v) is 12.4. The van der Waals surface area contributed by atoms with Gasteiger partial charge in [-0.2, -0.15) is 83.4 Å². The number of rotatable bonds is 12. The van der Waals surface area contributed by atoms with Gasteiger partial charge < -0.3 is 4.43 Å². The van der Waals surface area contributed by atoms with Crippen LogP contribution in [0.2, 0.25) is 0 Å². The number of alkyl halides is 25. The fourth-order valence-electron chi connectivity index (χ4n) is 2.97. The van der Waals surface area contributed by atoms with Gasteiger partial charge in [-0.1, -0.05) is 0 Å². The molecule has 0 spiro atoms. The predicted molar refractivity (Wildman–Crippen MR) is 92.6 cm³/mol. The van der Waals surface area contributed by atoms with Crippen LogP contribution in [-0.2, 0) is 13.3 Å². The molecule has 0 fully saturated rings. The third-order valence-electron chi connectivity index (χ3n) is 5.37. The summed E-state index contributed by atoms with van der Waals surface area (Å²) < 4.78 is 408. The highest BCUT2D eigenvalue weighted by Crippen LogP contribution is 2.65. The lowest BCUT2D eigenvalue weighted by atomic mass is 9.88. The molecule has 1 rings (SSSR count). The fraction of sp³-hybridized carbons (Fsp3) is 0.647. The third-order valence-corrected chi connectivity index (χ3v) is 7.94. The minimum Gasteiger partial charge on any atom is -0.304 e. The van der Waals surface area contributed by atoms with Crippen molar-refractivity contribution in [3.05, 3.63) is 29.1 Å². The van der Waals surface area contributed by atoms with E-state index in [1.54, 1.807) is 4.43 Å². The van der Waals surface area contributed by atoms with Gasteiger partial charge in [-0.25, -0.2) is 22.0 Å². The van der Waals surface area contributed by atoms with E-state index < -0.39 is 110 Å². The van der Waals surface area contributed by atoms with Crippen molar-refractivity contribution in [2.45, 2.75) is 66.5 Å². The van der Waals surface area contributed by atoms with E-state index in [4.69, 9.17) is 0 Å². The van der Waals surface area contributed by atoms with Crippen molar-refractivity contribution >= 4 is 14.0 Å². The summed E-state index contributed by atoms with van der Waals surface area (Å²) in [5, 5.41) is -4.44. The molecule has 0 atom stereocenters. The molecule has 0 unspecified atom stereocenters. The lowest BCUT2D eigenvalue weighted by Gasteiger charge is -2.44. The third kappa shape index (κ3) is 7.03. The highest BCUT2D eigenvalue weighted by atomic mass is 28.4. The average molecular weight is 850 g/mol. The van der Waals surface area contributed by atoms with Crippen molar-refractivity contribution in [3.63, 3.8) is 0 Å². The maximum atomic E-state index is 14.4. The fourth-order valence-corrected chi connectivity index (χ4v) is 5.24. The zero-order chi connectivity index (χ0) is 41.6. The maximum absolute atomic E-state index is 14.4. The summed E-state index contributed by atoms with van der Waals surface area (Å²) in [6.07, 6.45) is -32.4. The molecule has 0 aliphatic heterocycles. The van der Waals surface area contributed by atoms with E-state index in [0.717, 1.165) is 0 Å². The van der Waals surface area contributed by atoms with Crippen molar-refractivity contribution < 1.29 is 145 Å². The molecular weight excluding hydrogens is 850 g/mol. The van der Waals surface area contributed by atoms with Crippen molar-refractivity contribution in [1.82, 2.24) is 0 Å². The summed E-state index contributed by atoms with van der Waals surface area (Å²) in [5.41, 5.74) is 0. The maximum Gasteiger partial charge on any atom is 0.560 e. The first-order chi connectivity index (χ1) is 21.8. The SMILES string of the molecule is Fc1c(F)c(F)c([Si](OC(F)(F)F)(OC(F)(F)F)OC(F)(F)C(F)(F)C(F)(F)C(F)(F)C(F)(F)C(F)(F)C(F)(F)C(F)(F)C(F)(F)F)c(F)c1F. The van der Waals surface area contributed by atoms with Crippen LogP contribution in [0.5, 0.6) is 0 Å². The van der Waals surface area contributed by atoms with E-state index >= 15 is 0 Å². The zero-order valence-electron chi connectivity index (χ0n) is 21.6. The summed E-state index contributed by atoms with van der Waals surface area (Å²) in [6.45, 7) is 0. The molecule has 0 bridgehead atoms. The zero-order valence-corrected chi connectivity index (χ0v) is 22.6. The Morgan fingerprint density at radius 1 is 0.294 bits per heavy atom. The summed E-state index contributed by atoms with van der Waals surface area (Å²) in [4.78, 5) is 0. The van der Waals surface area contributed by atoms with Gasteiger partial charge in [0.2, 0.25) is 5.82 Å². The second-order valence-electron chi connectivity index (χ2n) is 8.73. The quantitative estimate of drug-likeness (QED) is 0.0910. The molecule has 0 saturated heterocycles. The second kappa shape index (κ2) is 12.4. The standard InChI is InChI=1S/C17F30O3Si/c18-1-2(19)4(21)6(5(22)3(1)20)51(49-16(42,43)44,50-17(45,46)47)48-15(40,41)13(35,36)11(31,32)9(27,28)7(23,24)8(25,26)10(29,30)12(33,34)14(37,38)39. The van der Waals surface area contributed by atoms with Gasteiger partial charge in [-0.15, -0.1) is 26.3 Å². The normalized spacial score (nSPS) is 15.9. The Bertz CT molecular complexity index is 1410. The minimum absolute atomic E-state index is 1.76. The lowest BCUT2D eigenvalue weighted by molar-refractivity contribution is -0.479.